The van der Waals surface area contributed by atoms with E-state index in [0.29, 0.717) is 29.7 Å². The average molecular weight is 484 g/mol. The van der Waals surface area contributed by atoms with Gasteiger partial charge in [-0.05, 0) is 49.9 Å². The molecule has 0 fully saturated rings. The van der Waals surface area contributed by atoms with Crippen molar-refractivity contribution in [3.05, 3.63) is 87.6 Å². The van der Waals surface area contributed by atoms with Crippen LogP contribution in [-0.2, 0) is 28.9 Å². The minimum atomic E-state index is -0.665. The number of carbonyl (C=O) groups excluding carboxylic acids is 1. The number of rotatable bonds is 7. The second-order valence-electron chi connectivity index (χ2n) is 9.66. The number of esters is 1. The molecular formula is C28H29N5O3. The summed E-state index contributed by atoms with van der Waals surface area (Å²) in [5.74, 6) is -0.189. The molecule has 0 unspecified atom stereocenters. The summed E-state index contributed by atoms with van der Waals surface area (Å²) in [7, 11) is 0. The molecule has 0 aliphatic heterocycles. The fourth-order valence-electron chi connectivity index (χ4n) is 4.27. The smallest absolute Gasteiger partial charge is 0.326 e. The van der Waals surface area contributed by atoms with Crippen LogP contribution in [0, 0.1) is 11.3 Å². The number of aryl methyl sites for hydroxylation is 1. The molecule has 0 saturated heterocycles. The summed E-state index contributed by atoms with van der Waals surface area (Å²) in [6.45, 7) is 7.15. The number of hydrogen-bond donors (Lipinski definition) is 0. The fraction of sp³-hybridized carbons (Fsp3) is 0.321. The summed E-state index contributed by atoms with van der Waals surface area (Å²) in [4.78, 5) is 30.5. The van der Waals surface area contributed by atoms with Gasteiger partial charge in [0, 0.05) is 12.0 Å². The highest BCUT2D eigenvalue weighted by Gasteiger charge is 2.23. The highest BCUT2D eigenvalue weighted by molar-refractivity contribution is 5.71. The molecule has 4 rings (SSSR count). The lowest BCUT2D eigenvalue weighted by Crippen LogP contribution is -2.34. The van der Waals surface area contributed by atoms with Gasteiger partial charge in [-0.3, -0.25) is 14.2 Å². The molecule has 0 saturated carbocycles. The maximum Gasteiger partial charge on any atom is 0.326 e. The van der Waals surface area contributed by atoms with Crippen molar-refractivity contribution in [3.63, 3.8) is 0 Å². The van der Waals surface area contributed by atoms with Crippen LogP contribution in [-0.4, -0.2) is 30.7 Å². The normalized spacial score (nSPS) is 11.4. The lowest BCUT2D eigenvalue weighted by molar-refractivity contribution is -0.155. The van der Waals surface area contributed by atoms with E-state index in [-0.39, 0.29) is 12.1 Å². The van der Waals surface area contributed by atoms with Gasteiger partial charge < -0.3 is 4.74 Å². The summed E-state index contributed by atoms with van der Waals surface area (Å²) in [5, 5.41) is 13.8. The van der Waals surface area contributed by atoms with Crippen LogP contribution in [0.2, 0.25) is 0 Å². The van der Waals surface area contributed by atoms with Crippen LogP contribution in [0.1, 0.15) is 56.5 Å². The molecule has 2 aromatic carbocycles. The van der Waals surface area contributed by atoms with Gasteiger partial charge in [0.05, 0.1) is 17.3 Å². The molecule has 0 radical (unpaired) electrons. The van der Waals surface area contributed by atoms with E-state index in [1.807, 2.05) is 49.4 Å². The largest absolute Gasteiger partial charge is 0.459 e. The minimum absolute atomic E-state index is 0.248. The Morgan fingerprint density at radius 3 is 2.50 bits per heavy atom. The van der Waals surface area contributed by atoms with E-state index in [2.05, 4.69) is 16.2 Å². The van der Waals surface area contributed by atoms with Gasteiger partial charge in [-0.1, -0.05) is 55.8 Å². The Hall–Kier alpha value is -4.25. The minimum Gasteiger partial charge on any atom is -0.459 e. The maximum atomic E-state index is 13.7. The Balaban J connectivity index is 1.74. The van der Waals surface area contributed by atoms with Gasteiger partial charge in [-0.2, -0.15) is 15.3 Å². The van der Waals surface area contributed by atoms with E-state index >= 15 is 0 Å². The number of fused-ring (bicyclic) bond motifs is 1. The van der Waals surface area contributed by atoms with E-state index in [1.165, 1.54) is 10.9 Å². The number of aromatic nitrogens is 4. The SMILES string of the molecule is CCCc1c(Cc2ccc(-c3ccccc3C#N)cc2)c(=O)n(CC(=O)OC(C)(C)C)c2ncnn12. The molecule has 0 spiro atoms. The number of nitrogens with zero attached hydrogens (tertiary/aromatic N) is 5. The second-order valence-corrected chi connectivity index (χ2v) is 9.66. The van der Waals surface area contributed by atoms with E-state index in [0.717, 1.165) is 28.8 Å². The molecular weight excluding hydrogens is 454 g/mol. The monoisotopic (exact) mass is 483 g/mol. The van der Waals surface area contributed by atoms with Crippen LogP contribution in [0.5, 0.6) is 0 Å². The zero-order valence-electron chi connectivity index (χ0n) is 21.0. The second kappa shape index (κ2) is 10.2. The van der Waals surface area contributed by atoms with Crippen molar-refractivity contribution in [2.24, 2.45) is 0 Å². The van der Waals surface area contributed by atoms with Gasteiger partial charge in [0.2, 0.25) is 5.78 Å². The van der Waals surface area contributed by atoms with Crippen molar-refractivity contribution < 1.29 is 9.53 Å². The van der Waals surface area contributed by atoms with Crippen molar-refractivity contribution in [2.45, 2.75) is 59.1 Å². The summed E-state index contributed by atoms with van der Waals surface area (Å²) < 4.78 is 8.45. The summed E-state index contributed by atoms with van der Waals surface area (Å²) >= 11 is 0. The number of benzene rings is 2. The van der Waals surface area contributed by atoms with Crippen LogP contribution in [0.25, 0.3) is 16.9 Å². The Bertz CT molecular complexity index is 1500. The van der Waals surface area contributed by atoms with Crippen molar-refractivity contribution in [2.75, 3.05) is 0 Å². The molecule has 184 valence electrons. The van der Waals surface area contributed by atoms with E-state index in [1.54, 1.807) is 31.4 Å². The lowest BCUT2D eigenvalue weighted by atomic mass is 9.97. The average Bonchev–Trinajstić information content (AvgIpc) is 3.33. The molecule has 0 aliphatic carbocycles. The highest BCUT2D eigenvalue weighted by atomic mass is 16.6. The fourth-order valence-corrected chi connectivity index (χ4v) is 4.27. The van der Waals surface area contributed by atoms with Gasteiger partial charge in [0.1, 0.15) is 18.5 Å². The summed E-state index contributed by atoms with van der Waals surface area (Å²) in [5.41, 5.74) is 3.76. The molecule has 36 heavy (non-hydrogen) atoms. The Morgan fingerprint density at radius 1 is 1.11 bits per heavy atom. The number of carbonyl (C=O) groups is 1. The summed E-state index contributed by atoms with van der Waals surface area (Å²) in [6.07, 6.45) is 3.23. The van der Waals surface area contributed by atoms with Gasteiger partial charge in [0.15, 0.2) is 0 Å². The van der Waals surface area contributed by atoms with E-state index < -0.39 is 11.6 Å². The number of nitriles is 1. The van der Waals surface area contributed by atoms with Gasteiger partial charge in [0.25, 0.3) is 5.56 Å². The van der Waals surface area contributed by atoms with Crippen molar-refractivity contribution in [3.8, 4) is 17.2 Å². The Morgan fingerprint density at radius 2 is 1.83 bits per heavy atom. The van der Waals surface area contributed by atoms with Crippen molar-refractivity contribution >= 4 is 11.7 Å². The number of hydrogen-bond acceptors (Lipinski definition) is 6. The van der Waals surface area contributed by atoms with Gasteiger partial charge in [-0.25, -0.2) is 4.52 Å². The third-order valence-corrected chi connectivity index (χ3v) is 5.77. The summed E-state index contributed by atoms with van der Waals surface area (Å²) in [6, 6.07) is 17.5. The molecule has 0 aliphatic rings. The molecule has 8 heteroatoms. The van der Waals surface area contributed by atoms with E-state index in [9.17, 15) is 14.9 Å². The zero-order chi connectivity index (χ0) is 25.9. The first-order chi connectivity index (χ1) is 17.2. The maximum absolute atomic E-state index is 13.7. The van der Waals surface area contributed by atoms with Crippen LogP contribution < -0.4 is 5.56 Å². The molecule has 0 atom stereocenters. The third kappa shape index (κ3) is 5.20. The predicted octanol–water partition coefficient (Wildman–Crippen LogP) is 4.31. The lowest BCUT2D eigenvalue weighted by Gasteiger charge is -2.20. The van der Waals surface area contributed by atoms with Crippen molar-refractivity contribution in [1.29, 1.82) is 5.26 Å². The number of ether oxygens (including phenoxy) is 1. The van der Waals surface area contributed by atoms with Crippen LogP contribution in [0.15, 0.2) is 59.7 Å². The topological polar surface area (TPSA) is 102 Å². The van der Waals surface area contributed by atoms with Crippen LogP contribution >= 0.6 is 0 Å². The van der Waals surface area contributed by atoms with Crippen LogP contribution in [0.3, 0.4) is 0 Å². The first-order valence-electron chi connectivity index (χ1n) is 12.0. The quantitative estimate of drug-likeness (QED) is 0.363. The van der Waals surface area contributed by atoms with Crippen LogP contribution in [0.4, 0.5) is 0 Å². The molecule has 0 amide bonds. The first-order valence-corrected chi connectivity index (χ1v) is 12.0. The standard InChI is InChI=1S/C28H29N5O3/c1-5-8-24-23(15-19-11-13-20(14-12-19)22-10-7-6-9-21(22)16-29)26(35)32(27-30-18-31-33(24)27)17-25(34)36-28(2,3)4/h6-7,9-14,18H,5,8,15,17H2,1-4H3. The highest BCUT2D eigenvalue weighted by Crippen LogP contribution is 2.24. The Labute approximate surface area is 209 Å². The molecule has 0 N–H and O–H groups in total. The van der Waals surface area contributed by atoms with Crippen molar-refractivity contribution in [1.82, 2.24) is 19.2 Å². The molecule has 8 nitrogen and oxygen atoms in total. The molecule has 0 bridgehead atoms. The van der Waals surface area contributed by atoms with Gasteiger partial charge in [-0.15, -0.1) is 0 Å². The zero-order valence-corrected chi connectivity index (χ0v) is 21.0. The molecule has 2 heterocycles. The molecule has 2 aromatic heterocycles. The molecule has 4 aromatic rings. The predicted molar refractivity (Wildman–Crippen MR) is 136 cm³/mol. The van der Waals surface area contributed by atoms with Gasteiger partial charge >= 0.3 is 5.97 Å². The first kappa shape index (κ1) is 24.9. The Kier molecular flexibility index (Phi) is 7.02. The van der Waals surface area contributed by atoms with E-state index in [4.69, 9.17) is 4.74 Å². The third-order valence-electron chi connectivity index (χ3n) is 5.77.